The summed E-state index contributed by atoms with van der Waals surface area (Å²) in [6.45, 7) is 1.71. The average Bonchev–Trinajstić information content (AvgIpc) is 3.59. The van der Waals surface area contributed by atoms with E-state index in [0.717, 1.165) is 52.4 Å². The molecule has 1 aliphatic heterocycles. The number of ether oxygens (including phenoxy) is 1. The van der Waals surface area contributed by atoms with Crippen LogP contribution in [0.4, 0.5) is 0 Å². The molecule has 7 nitrogen and oxygen atoms in total. The molecule has 0 bridgehead atoms. The number of nitrogens with zero attached hydrogens (tertiary/aromatic N) is 1. The van der Waals surface area contributed by atoms with Gasteiger partial charge in [0.25, 0.3) is 0 Å². The van der Waals surface area contributed by atoms with Crippen molar-refractivity contribution in [1.82, 2.24) is 9.29 Å². The number of amides is 1. The Bertz CT molecular complexity index is 1470. The van der Waals surface area contributed by atoms with Crippen LogP contribution >= 0.6 is 11.3 Å². The highest BCUT2D eigenvalue weighted by atomic mass is 32.2. The summed E-state index contributed by atoms with van der Waals surface area (Å²) in [5.74, 6) is -0.141. The quantitative estimate of drug-likeness (QED) is 0.264. The van der Waals surface area contributed by atoms with Gasteiger partial charge in [-0.05, 0) is 64.6 Å². The number of nitrogens with one attached hydrogen (secondary N) is 1. The van der Waals surface area contributed by atoms with Gasteiger partial charge in [-0.15, -0.1) is 11.3 Å². The number of H-pyrrole nitrogens is 1. The summed E-state index contributed by atoms with van der Waals surface area (Å²) in [4.78, 5) is 16.4. The molecule has 3 heterocycles. The Hall–Kier alpha value is -2.98. The zero-order valence-electron chi connectivity index (χ0n) is 21.3. The molecule has 0 radical (unpaired) electrons. The lowest BCUT2D eigenvalue weighted by atomic mass is 9.88. The predicted molar refractivity (Wildman–Crippen MR) is 153 cm³/mol. The topological polar surface area (TPSA) is 105 Å². The standard InChI is InChI=1S/C29H33N3O4S2/c30-28(33)19-24-17-23(21-5-2-1-3-6-21)18-26-27(20-31-29(24)26)22-8-11-32(12-9-22)38(34,35)16-14-36-13-10-25-7-4-15-37-25/h1-7,15,17-18,20,22,31H,8-14,16,19H2,(H2,30,33). The van der Waals surface area contributed by atoms with Gasteiger partial charge in [0.1, 0.15) is 0 Å². The molecule has 1 amide bonds. The molecule has 1 fully saturated rings. The van der Waals surface area contributed by atoms with Gasteiger partial charge < -0.3 is 15.5 Å². The summed E-state index contributed by atoms with van der Waals surface area (Å²) < 4.78 is 33.1. The van der Waals surface area contributed by atoms with Crippen molar-refractivity contribution in [2.75, 3.05) is 32.1 Å². The molecular weight excluding hydrogens is 518 g/mol. The van der Waals surface area contributed by atoms with Crippen LogP contribution in [-0.4, -0.2) is 55.7 Å². The van der Waals surface area contributed by atoms with Gasteiger partial charge in [0.15, 0.2) is 0 Å². The van der Waals surface area contributed by atoms with Crippen molar-refractivity contribution in [1.29, 1.82) is 0 Å². The van der Waals surface area contributed by atoms with Gasteiger partial charge in [-0.2, -0.15) is 0 Å². The van der Waals surface area contributed by atoms with E-state index in [4.69, 9.17) is 10.5 Å². The Morgan fingerprint density at radius 3 is 2.55 bits per heavy atom. The average molecular weight is 552 g/mol. The molecule has 0 aliphatic carbocycles. The maximum absolute atomic E-state index is 12.9. The lowest BCUT2D eigenvalue weighted by Crippen LogP contribution is -2.40. The first-order chi connectivity index (χ1) is 18.4. The second-order valence-corrected chi connectivity index (χ2v) is 12.9. The first kappa shape index (κ1) is 26.6. The van der Waals surface area contributed by atoms with Gasteiger partial charge in [-0.1, -0.05) is 36.4 Å². The number of rotatable bonds is 11. The number of carbonyl (C=O) groups is 1. The number of benzene rings is 2. The maximum atomic E-state index is 12.9. The van der Waals surface area contributed by atoms with E-state index in [2.05, 4.69) is 29.2 Å². The van der Waals surface area contributed by atoms with Crippen molar-refractivity contribution >= 4 is 38.2 Å². The predicted octanol–water partition coefficient (Wildman–Crippen LogP) is 4.69. The highest BCUT2D eigenvalue weighted by molar-refractivity contribution is 7.89. The van der Waals surface area contributed by atoms with Crippen molar-refractivity contribution in [3.8, 4) is 11.1 Å². The molecule has 1 aliphatic rings. The lowest BCUT2D eigenvalue weighted by molar-refractivity contribution is -0.117. The van der Waals surface area contributed by atoms with Crippen molar-refractivity contribution in [2.45, 2.75) is 31.6 Å². The number of aromatic nitrogens is 1. The summed E-state index contributed by atoms with van der Waals surface area (Å²) in [5.41, 5.74) is 10.6. The van der Waals surface area contributed by atoms with Crippen LogP contribution in [0.3, 0.4) is 0 Å². The van der Waals surface area contributed by atoms with Crippen LogP contribution < -0.4 is 5.73 Å². The first-order valence-electron chi connectivity index (χ1n) is 13.0. The van der Waals surface area contributed by atoms with Gasteiger partial charge in [0.05, 0.1) is 25.4 Å². The Labute approximate surface area is 227 Å². The minimum Gasteiger partial charge on any atom is -0.380 e. The number of sulfonamides is 1. The van der Waals surface area contributed by atoms with Crippen molar-refractivity contribution < 1.29 is 17.9 Å². The molecule has 2 aromatic carbocycles. The van der Waals surface area contributed by atoms with E-state index in [1.165, 1.54) is 4.88 Å². The molecule has 0 unspecified atom stereocenters. The first-order valence-corrected chi connectivity index (χ1v) is 15.4. The van der Waals surface area contributed by atoms with E-state index < -0.39 is 10.0 Å². The number of carbonyl (C=O) groups excluding carboxylic acids is 1. The Morgan fingerprint density at radius 2 is 1.84 bits per heavy atom. The molecule has 0 saturated carbocycles. The number of piperidine rings is 1. The second kappa shape index (κ2) is 11.8. The molecule has 2 aromatic heterocycles. The number of nitrogens with two attached hydrogens (primary N) is 1. The fourth-order valence-corrected chi connectivity index (χ4v) is 7.30. The zero-order valence-corrected chi connectivity index (χ0v) is 22.9. The number of hydrogen-bond acceptors (Lipinski definition) is 5. The van der Waals surface area contributed by atoms with E-state index in [1.54, 1.807) is 15.6 Å². The molecule has 9 heteroatoms. The number of hydrogen-bond donors (Lipinski definition) is 2. The summed E-state index contributed by atoms with van der Waals surface area (Å²) in [5, 5.41) is 3.10. The number of aromatic amines is 1. The molecule has 38 heavy (non-hydrogen) atoms. The Balaban J connectivity index is 1.25. The van der Waals surface area contributed by atoms with Crippen LogP contribution in [0.5, 0.6) is 0 Å². The van der Waals surface area contributed by atoms with Crippen molar-refractivity contribution in [2.24, 2.45) is 5.73 Å². The van der Waals surface area contributed by atoms with E-state index in [9.17, 15) is 13.2 Å². The lowest BCUT2D eigenvalue weighted by Gasteiger charge is -2.31. The zero-order chi connectivity index (χ0) is 26.5. The smallest absolute Gasteiger partial charge is 0.221 e. The van der Waals surface area contributed by atoms with Gasteiger partial charge >= 0.3 is 0 Å². The fraction of sp³-hybridized carbons (Fsp3) is 0.345. The number of fused-ring (bicyclic) bond motifs is 1. The molecule has 0 spiro atoms. The van der Waals surface area contributed by atoms with E-state index in [0.29, 0.717) is 19.7 Å². The Morgan fingerprint density at radius 1 is 1.05 bits per heavy atom. The SMILES string of the molecule is NC(=O)Cc1cc(-c2ccccc2)cc2c(C3CCN(S(=O)(=O)CCOCCc4cccs4)CC3)c[nH]c12. The van der Waals surface area contributed by atoms with Crippen molar-refractivity contribution in [3.63, 3.8) is 0 Å². The van der Waals surface area contributed by atoms with Crippen LogP contribution in [-0.2, 0) is 32.4 Å². The molecular formula is C29H33N3O4S2. The monoisotopic (exact) mass is 551 g/mol. The minimum absolute atomic E-state index is 0.00606. The van der Waals surface area contributed by atoms with Crippen LogP contribution in [0.25, 0.3) is 22.0 Å². The molecule has 4 aromatic rings. The van der Waals surface area contributed by atoms with E-state index in [1.807, 2.05) is 41.9 Å². The molecule has 0 atom stereocenters. The van der Waals surface area contributed by atoms with Gasteiger partial charge in [0, 0.05) is 41.5 Å². The van der Waals surface area contributed by atoms with Crippen LogP contribution in [0.15, 0.2) is 66.2 Å². The highest BCUT2D eigenvalue weighted by Gasteiger charge is 2.30. The second-order valence-electron chi connectivity index (χ2n) is 9.74. The fourth-order valence-electron chi connectivity index (χ4n) is 5.26. The van der Waals surface area contributed by atoms with Crippen molar-refractivity contribution in [3.05, 3.63) is 82.2 Å². The number of thiophene rings is 1. The summed E-state index contributed by atoms with van der Waals surface area (Å²) in [7, 11) is -3.36. The Kier molecular flexibility index (Phi) is 8.28. The number of primary amides is 1. The molecule has 3 N–H and O–H groups in total. The third kappa shape index (κ3) is 6.18. The van der Waals surface area contributed by atoms with Gasteiger partial charge in [-0.3, -0.25) is 4.79 Å². The molecule has 5 rings (SSSR count). The maximum Gasteiger partial charge on any atom is 0.221 e. The summed E-state index contributed by atoms with van der Waals surface area (Å²) in [6, 6.07) is 18.3. The summed E-state index contributed by atoms with van der Waals surface area (Å²) >= 11 is 1.68. The third-order valence-electron chi connectivity index (χ3n) is 7.22. The summed E-state index contributed by atoms with van der Waals surface area (Å²) in [6.07, 6.45) is 4.46. The largest absolute Gasteiger partial charge is 0.380 e. The van der Waals surface area contributed by atoms with Crippen LogP contribution in [0, 0.1) is 0 Å². The van der Waals surface area contributed by atoms with Gasteiger partial charge in [0.2, 0.25) is 15.9 Å². The minimum atomic E-state index is -3.36. The molecule has 200 valence electrons. The molecule has 1 saturated heterocycles. The van der Waals surface area contributed by atoms with Crippen LogP contribution in [0.2, 0.25) is 0 Å². The third-order valence-corrected chi connectivity index (χ3v) is 9.99. The van der Waals surface area contributed by atoms with E-state index in [-0.39, 0.29) is 30.6 Å². The van der Waals surface area contributed by atoms with E-state index >= 15 is 0 Å². The van der Waals surface area contributed by atoms with Crippen LogP contribution in [0.1, 0.15) is 34.8 Å². The highest BCUT2D eigenvalue weighted by Crippen LogP contribution is 2.37. The van der Waals surface area contributed by atoms with Gasteiger partial charge in [-0.25, -0.2) is 12.7 Å². The normalized spacial score (nSPS) is 15.3.